The molecule has 2 unspecified atom stereocenters. The maximum absolute atomic E-state index is 9.16. The van der Waals surface area contributed by atoms with Crippen LogP contribution in [0, 0.1) is 5.92 Å². The Bertz CT molecular complexity index is 218. The van der Waals surface area contributed by atoms with Crippen molar-refractivity contribution in [2.75, 3.05) is 26.7 Å². The minimum atomic E-state index is 0.313. The predicted molar refractivity (Wildman–Crippen MR) is 71.1 cm³/mol. The highest BCUT2D eigenvalue weighted by atomic mass is 16.3. The first-order chi connectivity index (χ1) is 8.35. The fraction of sp³-hybridized carbons (Fsp3) is 1.00. The van der Waals surface area contributed by atoms with Gasteiger partial charge in [0.05, 0.1) is 6.61 Å². The summed E-state index contributed by atoms with van der Waals surface area (Å²) in [4.78, 5) is 2.53. The van der Waals surface area contributed by atoms with Gasteiger partial charge in [-0.2, -0.15) is 0 Å². The molecule has 100 valence electrons. The molecule has 0 spiro atoms. The maximum Gasteiger partial charge on any atom is 0.0558 e. The van der Waals surface area contributed by atoms with Crippen molar-refractivity contribution >= 4 is 0 Å². The maximum atomic E-state index is 9.16. The van der Waals surface area contributed by atoms with Crippen LogP contribution in [0.5, 0.6) is 0 Å². The molecule has 0 aliphatic heterocycles. The minimum Gasteiger partial charge on any atom is -0.395 e. The number of aliphatic hydroxyl groups is 1. The third kappa shape index (κ3) is 3.94. The average molecular weight is 240 g/mol. The van der Waals surface area contributed by atoms with Crippen molar-refractivity contribution in [2.45, 2.75) is 57.0 Å². The van der Waals surface area contributed by atoms with Gasteiger partial charge in [0.25, 0.3) is 0 Å². The molecule has 0 heterocycles. The van der Waals surface area contributed by atoms with Crippen LogP contribution in [0.3, 0.4) is 0 Å². The molecule has 3 heteroatoms. The molecule has 3 nitrogen and oxygen atoms in total. The lowest BCUT2D eigenvalue weighted by atomic mass is 9.94. The van der Waals surface area contributed by atoms with E-state index in [2.05, 4.69) is 17.3 Å². The van der Waals surface area contributed by atoms with Gasteiger partial charge in [0.2, 0.25) is 0 Å². The number of hydrogen-bond acceptors (Lipinski definition) is 3. The van der Waals surface area contributed by atoms with Crippen molar-refractivity contribution in [1.29, 1.82) is 0 Å². The summed E-state index contributed by atoms with van der Waals surface area (Å²) in [5.74, 6) is 0.787. The number of hydrogen-bond donors (Lipinski definition) is 2. The SMILES string of the molecule is CNC1CCCCCC1CN(CCO)C1CC1. The molecule has 0 radical (unpaired) electrons. The van der Waals surface area contributed by atoms with E-state index in [1.807, 2.05) is 0 Å². The van der Waals surface area contributed by atoms with Gasteiger partial charge in [0.15, 0.2) is 0 Å². The molecule has 0 aromatic rings. The standard InChI is InChI=1S/C14H28N2O/c1-15-14-6-4-2-3-5-12(14)11-16(9-10-17)13-7-8-13/h12-15,17H,2-11H2,1H3. The third-order valence-corrected chi connectivity index (χ3v) is 4.45. The highest BCUT2D eigenvalue weighted by Gasteiger charge is 2.32. The summed E-state index contributed by atoms with van der Waals surface area (Å²) in [5, 5.41) is 12.7. The lowest BCUT2D eigenvalue weighted by Crippen LogP contribution is -2.42. The second-order valence-corrected chi connectivity index (χ2v) is 5.74. The van der Waals surface area contributed by atoms with E-state index in [0.717, 1.165) is 18.5 Å². The van der Waals surface area contributed by atoms with Crippen molar-refractivity contribution in [3.05, 3.63) is 0 Å². The van der Waals surface area contributed by atoms with Crippen LogP contribution in [0.25, 0.3) is 0 Å². The molecular weight excluding hydrogens is 212 g/mol. The van der Waals surface area contributed by atoms with Crippen molar-refractivity contribution in [1.82, 2.24) is 10.2 Å². The molecular formula is C14H28N2O. The first-order valence-corrected chi connectivity index (χ1v) is 7.37. The average Bonchev–Trinajstić information content (AvgIpc) is 3.16. The zero-order valence-electron chi connectivity index (χ0n) is 11.2. The predicted octanol–water partition coefficient (Wildman–Crippen LogP) is 1.61. The Labute approximate surface area is 106 Å². The number of aliphatic hydroxyl groups excluding tert-OH is 1. The van der Waals surface area contributed by atoms with E-state index in [1.165, 1.54) is 51.5 Å². The van der Waals surface area contributed by atoms with Crippen molar-refractivity contribution < 1.29 is 5.11 Å². The van der Waals surface area contributed by atoms with Gasteiger partial charge in [-0.25, -0.2) is 0 Å². The molecule has 0 saturated heterocycles. The van der Waals surface area contributed by atoms with Gasteiger partial charge in [0, 0.05) is 25.2 Å². The van der Waals surface area contributed by atoms with Gasteiger partial charge in [-0.05, 0) is 38.6 Å². The molecule has 2 rings (SSSR count). The summed E-state index contributed by atoms with van der Waals surface area (Å²) in [5.41, 5.74) is 0. The molecule has 0 bridgehead atoms. The summed E-state index contributed by atoms with van der Waals surface area (Å²) in [6.45, 7) is 2.38. The van der Waals surface area contributed by atoms with Gasteiger partial charge in [-0.3, -0.25) is 4.90 Å². The molecule has 17 heavy (non-hydrogen) atoms. The highest BCUT2D eigenvalue weighted by molar-refractivity contribution is 4.88. The summed E-state index contributed by atoms with van der Waals surface area (Å²) in [6.07, 6.45) is 9.55. The third-order valence-electron chi connectivity index (χ3n) is 4.45. The topological polar surface area (TPSA) is 35.5 Å². The van der Waals surface area contributed by atoms with Crippen molar-refractivity contribution in [2.24, 2.45) is 5.92 Å². The minimum absolute atomic E-state index is 0.313. The van der Waals surface area contributed by atoms with Crippen molar-refractivity contribution in [3.8, 4) is 0 Å². The fourth-order valence-electron chi connectivity index (χ4n) is 3.28. The smallest absolute Gasteiger partial charge is 0.0558 e. The summed E-state index contributed by atoms with van der Waals surface area (Å²) in [7, 11) is 2.11. The van der Waals surface area contributed by atoms with Crippen LogP contribution in [-0.4, -0.2) is 48.8 Å². The van der Waals surface area contributed by atoms with E-state index >= 15 is 0 Å². The van der Waals surface area contributed by atoms with Crippen LogP contribution in [0.1, 0.15) is 44.9 Å². The lowest BCUT2D eigenvalue weighted by Gasteiger charge is -2.31. The van der Waals surface area contributed by atoms with E-state index in [0.29, 0.717) is 12.6 Å². The molecule has 2 aliphatic rings. The fourth-order valence-corrected chi connectivity index (χ4v) is 3.28. The largest absolute Gasteiger partial charge is 0.395 e. The Kier molecular flexibility index (Phi) is 5.26. The van der Waals surface area contributed by atoms with Crippen LogP contribution in [0.4, 0.5) is 0 Å². The zero-order valence-corrected chi connectivity index (χ0v) is 11.2. The van der Waals surface area contributed by atoms with Gasteiger partial charge < -0.3 is 10.4 Å². The number of nitrogens with one attached hydrogen (secondary N) is 1. The molecule has 2 aliphatic carbocycles. The van der Waals surface area contributed by atoms with Gasteiger partial charge in [-0.1, -0.05) is 19.3 Å². The van der Waals surface area contributed by atoms with Gasteiger partial charge in [-0.15, -0.1) is 0 Å². The van der Waals surface area contributed by atoms with Gasteiger partial charge in [0.1, 0.15) is 0 Å². The van der Waals surface area contributed by atoms with Crippen LogP contribution in [-0.2, 0) is 0 Å². The van der Waals surface area contributed by atoms with Crippen LogP contribution in [0.2, 0.25) is 0 Å². The first kappa shape index (κ1) is 13.3. The van der Waals surface area contributed by atoms with E-state index in [1.54, 1.807) is 0 Å². The molecule has 2 atom stereocenters. The van der Waals surface area contributed by atoms with Crippen molar-refractivity contribution in [3.63, 3.8) is 0 Å². The normalized spacial score (nSPS) is 30.5. The summed E-state index contributed by atoms with van der Waals surface area (Å²) < 4.78 is 0. The van der Waals surface area contributed by atoms with Crippen LogP contribution in [0.15, 0.2) is 0 Å². The Hall–Kier alpha value is -0.120. The molecule has 0 aromatic carbocycles. The molecule has 2 fully saturated rings. The monoisotopic (exact) mass is 240 g/mol. The van der Waals surface area contributed by atoms with E-state index in [4.69, 9.17) is 5.11 Å². The summed E-state index contributed by atoms with van der Waals surface area (Å²) >= 11 is 0. The highest BCUT2D eigenvalue weighted by Crippen LogP contribution is 2.30. The Morgan fingerprint density at radius 2 is 1.88 bits per heavy atom. The van der Waals surface area contributed by atoms with Crippen LogP contribution >= 0.6 is 0 Å². The molecule has 0 aromatic heterocycles. The van der Waals surface area contributed by atoms with E-state index in [-0.39, 0.29) is 0 Å². The number of rotatable bonds is 6. The molecule has 2 N–H and O–H groups in total. The van der Waals surface area contributed by atoms with E-state index in [9.17, 15) is 0 Å². The Morgan fingerprint density at radius 3 is 2.53 bits per heavy atom. The second kappa shape index (κ2) is 6.72. The first-order valence-electron chi connectivity index (χ1n) is 7.37. The Morgan fingerprint density at radius 1 is 1.12 bits per heavy atom. The quantitative estimate of drug-likeness (QED) is 0.692. The Balaban J connectivity index is 1.88. The summed E-state index contributed by atoms with van der Waals surface area (Å²) in [6, 6.07) is 1.47. The zero-order chi connectivity index (χ0) is 12.1. The van der Waals surface area contributed by atoms with E-state index < -0.39 is 0 Å². The lowest BCUT2D eigenvalue weighted by molar-refractivity contribution is 0.151. The van der Waals surface area contributed by atoms with Crippen LogP contribution < -0.4 is 5.32 Å². The number of nitrogens with zero attached hydrogens (tertiary/aromatic N) is 1. The second-order valence-electron chi connectivity index (χ2n) is 5.74. The molecule has 2 saturated carbocycles. The van der Waals surface area contributed by atoms with Gasteiger partial charge >= 0.3 is 0 Å². The molecule has 0 amide bonds.